The van der Waals surface area contributed by atoms with Crippen LogP contribution in [-0.2, 0) is 9.08 Å². The molecule has 0 aliphatic rings. The van der Waals surface area contributed by atoms with E-state index < -0.39 is 11.9 Å². The summed E-state index contributed by atoms with van der Waals surface area (Å²) in [7, 11) is 0. The second-order valence-electron chi connectivity index (χ2n) is 4.55. The molecule has 2 aromatic rings. The van der Waals surface area contributed by atoms with Crippen molar-refractivity contribution in [3.05, 3.63) is 45.2 Å². The fraction of sp³-hybridized carbons (Fsp3) is 0.143. The smallest absolute Gasteiger partial charge is 0.241 e. The third-order valence-electron chi connectivity index (χ3n) is 2.87. The van der Waals surface area contributed by atoms with Crippen LogP contribution in [0.3, 0.4) is 0 Å². The van der Waals surface area contributed by atoms with Crippen molar-refractivity contribution in [1.29, 1.82) is 5.41 Å². The molecule has 0 spiro atoms. The maximum absolute atomic E-state index is 11.8. The Labute approximate surface area is 160 Å². The molecule has 2 rings (SSSR count). The SMILES string of the molecule is CSc1sc(C(=N)N)cc1C(NOSc1cccc(Br)c1)C(N)=O. The summed E-state index contributed by atoms with van der Waals surface area (Å²) in [5, 5.41) is 7.54. The lowest BCUT2D eigenvalue weighted by Gasteiger charge is -2.14. The van der Waals surface area contributed by atoms with E-state index in [1.54, 1.807) is 6.07 Å². The van der Waals surface area contributed by atoms with Crippen LogP contribution in [0.2, 0.25) is 0 Å². The van der Waals surface area contributed by atoms with Gasteiger partial charge in [-0.2, -0.15) is 5.48 Å². The van der Waals surface area contributed by atoms with Crippen LogP contribution in [0, 0.1) is 5.41 Å². The topological polar surface area (TPSA) is 114 Å². The second kappa shape index (κ2) is 8.88. The summed E-state index contributed by atoms with van der Waals surface area (Å²) in [6.45, 7) is 0. The molecule has 1 heterocycles. The molecule has 0 saturated heterocycles. The molecule has 1 unspecified atom stereocenters. The summed E-state index contributed by atoms with van der Waals surface area (Å²) in [4.78, 5) is 13.3. The van der Waals surface area contributed by atoms with E-state index >= 15 is 0 Å². The molecule has 24 heavy (non-hydrogen) atoms. The number of nitrogens with one attached hydrogen (secondary N) is 2. The number of carbonyl (C=O) groups excluding carboxylic acids is 1. The van der Waals surface area contributed by atoms with Gasteiger partial charge in [-0.1, -0.05) is 22.0 Å². The summed E-state index contributed by atoms with van der Waals surface area (Å²) >= 11 is 7.27. The average Bonchev–Trinajstić information content (AvgIpc) is 2.95. The number of rotatable bonds is 8. The molecule has 1 aromatic heterocycles. The minimum Gasteiger partial charge on any atom is -0.383 e. The zero-order valence-electron chi connectivity index (χ0n) is 12.5. The summed E-state index contributed by atoms with van der Waals surface area (Å²) in [6, 6.07) is 8.40. The quantitative estimate of drug-likeness (QED) is 0.162. The fourth-order valence-electron chi connectivity index (χ4n) is 1.80. The van der Waals surface area contributed by atoms with Crippen LogP contribution < -0.4 is 16.9 Å². The second-order valence-corrected chi connectivity index (χ2v) is 8.40. The number of benzene rings is 1. The number of halogens is 1. The lowest BCUT2D eigenvalue weighted by atomic mass is 10.1. The monoisotopic (exact) mass is 446 g/mol. The van der Waals surface area contributed by atoms with Crippen LogP contribution in [0.1, 0.15) is 16.5 Å². The van der Waals surface area contributed by atoms with Crippen LogP contribution in [0.15, 0.2) is 43.9 Å². The highest BCUT2D eigenvalue weighted by Gasteiger charge is 2.24. The molecule has 0 aliphatic carbocycles. The average molecular weight is 447 g/mol. The minimum atomic E-state index is -0.837. The standard InChI is InChI=1S/C14H15BrN4O2S3/c1-22-14-9(6-10(23-14)12(16)17)11(13(18)20)19-21-24-8-4-2-3-7(15)5-8/h2-6,11,19H,1H3,(H3,16,17)(H2,18,20). The fourth-order valence-corrected chi connectivity index (χ4v) is 4.70. The number of thioether (sulfide) groups is 1. The van der Waals surface area contributed by atoms with Gasteiger partial charge in [0.2, 0.25) is 5.91 Å². The van der Waals surface area contributed by atoms with E-state index in [9.17, 15) is 4.79 Å². The molecule has 0 saturated carbocycles. The third kappa shape index (κ3) is 4.98. The van der Waals surface area contributed by atoms with Gasteiger partial charge in [-0.05, 0) is 30.5 Å². The number of amides is 1. The predicted molar refractivity (Wildman–Crippen MR) is 103 cm³/mol. The van der Waals surface area contributed by atoms with Gasteiger partial charge >= 0.3 is 0 Å². The van der Waals surface area contributed by atoms with Crippen molar-refractivity contribution in [2.45, 2.75) is 15.1 Å². The van der Waals surface area contributed by atoms with Gasteiger partial charge in [0.05, 0.1) is 21.1 Å². The lowest BCUT2D eigenvalue weighted by molar-refractivity contribution is -0.122. The highest BCUT2D eigenvalue weighted by Crippen LogP contribution is 2.35. The molecule has 1 atom stereocenters. The molecular weight excluding hydrogens is 432 g/mol. The van der Waals surface area contributed by atoms with E-state index in [2.05, 4.69) is 21.4 Å². The van der Waals surface area contributed by atoms with E-state index in [1.807, 2.05) is 30.5 Å². The first-order valence-corrected chi connectivity index (χ1v) is 10.2. The Morgan fingerprint density at radius 1 is 1.42 bits per heavy atom. The molecule has 1 amide bonds. The highest BCUT2D eigenvalue weighted by atomic mass is 79.9. The first-order valence-electron chi connectivity index (χ1n) is 6.58. The number of hydrogen-bond donors (Lipinski definition) is 4. The van der Waals surface area contributed by atoms with E-state index in [4.69, 9.17) is 21.2 Å². The summed E-state index contributed by atoms with van der Waals surface area (Å²) in [5.74, 6) is -0.623. The van der Waals surface area contributed by atoms with E-state index in [0.717, 1.165) is 25.6 Å². The van der Waals surface area contributed by atoms with Crippen LogP contribution in [0.4, 0.5) is 0 Å². The number of primary amides is 1. The Morgan fingerprint density at radius 2 is 2.17 bits per heavy atom. The van der Waals surface area contributed by atoms with Crippen molar-refractivity contribution in [1.82, 2.24) is 5.48 Å². The molecule has 1 aromatic carbocycles. The predicted octanol–water partition coefficient (Wildman–Crippen LogP) is 3.27. The van der Waals surface area contributed by atoms with Crippen molar-refractivity contribution in [2.24, 2.45) is 11.5 Å². The molecule has 6 nitrogen and oxygen atoms in total. The van der Waals surface area contributed by atoms with Gasteiger partial charge in [-0.15, -0.1) is 23.1 Å². The number of amidine groups is 1. The van der Waals surface area contributed by atoms with E-state index in [0.29, 0.717) is 10.4 Å². The molecule has 0 fully saturated rings. The number of nitrogens with two attached hydrogens (primary N) is 2. The van der Waals surface area contributed by atoms with Crippen molar-refractivity contribution < 1.29 is 9.08 Å². The summed E-state index contributed by atoms with van der Waals surface area (Å²) in [6.07, 6.45) is 1.88. The molecule has 128 valence electrons. The zero-order chi connectivity index (χ0) is 17.7. The molecule has 0 aliphatic heterocycles. The van der Waals surface area contributed by atoms with Gasteiger partial charge in [0.15, 0.2) is 0 Å². The van der Waals surface area contributed by atoms with Crippen molar-refractivity contribution in [3.8, 4) is 0 Å². The number of carbonyl (C=O) groups is 1. The minimum absolute atomic E-state index is 0.0470. The van der Waals surface area contributed by atoms with Gasteiger partial charge in [0.25, 0.3) is 0 Å². The van der Waals surface area contributed by atoms with E-state index in [-0.39, 0.29) is 5.84 Å². The zero-order valence-corrected chi connectivity index (χ0v) is 16.6. The molecule has 0 radical (unpaired) electrons. The van der Waals surface area contributed by atoms with Gasteiger partial charge < -0.3 is 11.5 Å². The van der Waals surface area contributed by atoms with Crippen LogP contribution >= 0.6 is 51.1 Å². The molecule has 10 heteroatoms. The summed E-state index contributed by atoms with van der Waals surface area (Å²) in [5.41, 5.74) is 14.4. The van der Waals surface area contributed by atoms with Crippen LogP contribution in [0.5, 0.6) is 0 Å². The number of nitrogen functional groups attached to an aromatic ring is 1. The van der Waals surface area contributed by atoms with Crippen molar-refractivity contribution >= 4 is 62.8 Å². The third-order valence-corrected chi connectivity index (χ3v) is 6.33. The maximum atomic E-state index is 11.8. The van der Waals surface area contributed by atoms with Crippen molar-refractivity contribution in [3.63, 3.8) is 0 Å². The Balaban J connectivity index is 2.12. The van der Waals surface area contributed by atoms with Gasteiger partial charge in [0, 0.05) is 14.9 Å². The number of thiophene rings is 1. The molecular formula is C14H15BrN4O2S3. The normalized spacial score (nSPS) is 12.1. The number of hydrogen-bond acceptors (Lipinski definition) is 7. The maximum Gasteiger partial charge on any atom is 0.241 e. The first-order chi connectivity index (χ1) is 11.4. The first kappa shape index (κ1) is 19.3. The van der Waals surface area contributed by atoms with Gasteiger partial charge in [0.1, 0.15) is 11.9 Å². The largest absolute Gasteiger partial charge is 0.383 e. The molecule has 6 N–H and O–H groups in total. The summed E-state index contributed by atoms with van der Waals surface area (Å²) < 4.78 is 7.16. The van der Waals surface area contributed by atoms with Gasteiger partial charge in [-0.25, -0.2) is 4.28 Å². The molecule has 0 bridgehead atoms. The Morgan fingerprint density at radius 3 is 2.75 bits per heavy atom. The van der Waals surface area contributed by atoms with E-state index in [1.165, 1.54) is 23.1 Å². The Bertz CT molecular complexity index is 753. The number of hydroxylamine groups is 1. The lowest BCUT2D eigenvalue weighted by Crippen LogP contribution is -2.32. The highest BCUT2D eigenvalue weighted by molar-refractivity contribution is 9.10. The Kier molecular flexibility index (Phi) is 7.14. The van der Waals surface area contributed by atoms with Crippen LogP contribution in [-0.4, -0.2) is 18.0 Å². The Hall–Kier alpha value is -1.04. The van der Waals surface area contributed by atoms with Gasteiger partial charge in [-0.3, -0.25) is 10.2 Å². The van der Waals surface area contributed by atoms with Crippen LogP contribution in [0.25, 0.3) is 0 Å². The van der Waals surface area contributed by atoms with Crippen molar-refractivity contribution in [2.75, 3.05) is 6.26 Å².